The summed E-state index contributed by atoms with van der Waals surface area (Å²) < 4.78 is 24.3. The molecule has 0 radical (unpaired) electrons. The zero-order chi connectivity index (χ0) is 73.5. The molecule has 27 nitrogen and oxygen atoms in total. The van der Waals surface area contributed by atoms with Gasteiger partial charge >= 0.3 is 0 Å². The highest BCUT2D eigenvalue weighted by Gasteiger charge is 2.67. The van der Waals surface area contributed by atoms with Gasteiger partial charge in [0.15, 0.2) is 34.5 Å². The number of unbranched alkanes of at least 4 members (excludes halogenated alkanes) is 2. The maximum atomic E-state index is 15.6. The largest absolute Gasteiger partial charge is 0.483 e. The van der Waals surface area contributed by atoms with E-state index in [9.17, 15) is 65.1 Å². The molecule has 4 aliphatic carbocycles. The molecule has 552 valence electrons. The predicted octanol–water partition coefficient (Wildman–Crippen LogP) is 3.71. The summed E-state index contributed by atoms with van der Waals surface area (Å²) in [5, 5.41) is 110. The summed E-state index contributed by atoms with van der Waals surface area (Å²) in [5.41, 5.74) is -3.44. The lowest BCUT2D eigenvalue weighted by Gasteiger charge is -2.71. The van der Waals surface area contributed by atoms with Crippen LogP contribution in [0, 0.1) is 28.6 Å². The minimum atomic E-state index is -1.64. The van der Waals surface area contributed by atoms with E-state index >= 15 is 14.4 Å². The average molecular weight is 1420 g/mol. The second kappa shape index (κ2) is 34.5. The number of hydrogen-bond acceptors (Lipinski definition) is 21. The Kier molecular flexibility index (Phi) is 25.7. The van der Waals surface area contributed by atoms with Gasteiger partial charge in [0.2, 0.25) is 22.2 Å². The van der Waals surface area contributed by atoms with Gasteiger partial charge < -0.3 is 84.5 Å². The van der Waals surface area contributed by atoms with Gasteiger partial charge in [-0.3, -0.25) is 38.2 Å². The van der Waals surface area contributed by atoms with Gasteiger partial charge in [0, 0.05) is 81.9 Å². The smallest absolute Gasteiger partial charge is 0.271 e. The van der Waals surface area contributed by atoms with Gasteiger partial charge in [0.1, 0.15) is 49.5 Å². The first-order chi connectivity index (χ1) is 49.5. The van der Waals surface area contributed by atoms with E-state index in [2.05, 4.69) is 20.9 Å². The number of nitrogens with one attached hydrogen (secondary N) is 2. The van der Waals surface area contributed by atoms with E-state index in [1.807, 2.05) is 13.1 Å². The van der Waals surface area contributed by atoms with E-state index < -0.39 is 131 Å². The monoisotopic (exact) mass is 1420 g/mol. The quantitative estimate of drug-likeness (QED) is 0.0193. The lowest BCUT2D eigenvalue weighted by atomic mass is 9.34. The van der Waals surface area contributed by atoms with Crippen LogP contribution >= 0.6 is 0 Å². The Labute approximate surface area is 595 Å². The van der Waals surface area contributed by atoms with Crippen LogP contribution in [0.2, 0.25) is 0 Å². The Hall–Kier alpha value is -9.03. The fraction of sp³-hybridized carbons (Fsp3) is 0.487. The summed E-state index contributed by atoms with van der Waals surface area (Å²) in [6.07, 6.45) is 0.143. The van der Waals surface area contributed by atoms with Crippen LogP contribution < -0.4 is 41.1 Å². The molecule has 4 bridgehead atoms. The van der Waals surface area contributed by atoms with Gasteiger partial charge in [-0.15, -0.1) is 5.10 Å². The summed E-state index contributed by atoms with van der Waals surface area (Å²) in [7, 11) is 0. The number of ketones is 2. The van der Waals surface area contributed by atoms with Crippen molar-refractivity contribution in [2.75, 3.05) is 32.9 Å². The maximum absolute atomic E-state index is 15.6. The summed E-state index contributed by atoms with van der Waals surface area (Å²) in [4.78, 5) is 103. The van der Waals surface area contributed by atoms with Crippen molar-refractivity contribution in [2.45, 2.75) is 179 Å². The Bertz CT molecular complexity index is 3840. The Balaban J connectivity index is 1.06. The molecule has 0 saturated heterocycles. The van der Waals surface area contributed by atoms with Crippen molar-refractivity contribution < 1.29 is 79.3 Å². The highest BCUT2D eigenvalue weighted by Crippen LogP contribution is 2.75. The third-order valence-corrected chi connectivity index (χ3v) is 20.4. The minimum Gasteiger partial charge on any atom is -0.483 e. The first-order valence-corrected chi connectivity index (χ1v) is 35.1. The van der Waals surface area contributed by atoms with Crippen LogP contribution in [0.25, 0.3) is 0 Å². The van der Waals surface area contributed by atoms with E-state index in [-0.39, 0.29) is 105 Å². The Morgan fingerprint density at radius 2 is 0.835 bits per heavy atom. The van der Waals surface area contributed by atoms with Gasteiger partial charge in [0.05, 0.1) is 63.5 Å². The Morgan fingerprint density at radius 1 is 0.466 bits per heavy atom. The zero-order valence-electron chi connectivity index (χ0n) is 57.8. The number of aliphatic hydroxyl groups is 9. The number of aryl methyl sites for hydroxylation is 2. The first kappa shape index (κ1) is 76.6. The van der Waals surface area contributed by atoms with Crippen LogP contribution in [0.1, 0.15) is 144 Å². The van der Waals surface area contributed by atoms with Crippen molar-refractivity contribution in [2.24, 2.45) is 21.7 Å². The van der Waals surface area contributed by atoms with E-state index in [1.54, 1.807) is 95.7 Å². The Morgan fingerprint density at radius 3 is 1.22 bits per heavy atom. The lowest BCUT2D eigenvalue weighted by Crippen LogP contribution is -2.65. The highest BCUT2D eigenvalue weighted by molar-refractivity contribution is 5.98. The van der Waals surface area contributed by atoms with Crippen molar-refractivity contribution in [1.82, 2.24) is 39.3 Å². The highest BCUT2D eigenvalue weighted by atomic mass is 16.5. The van der Waals surface area contributed by atoms with Gasteiger partial charge in [0.25, 0.3) is 5.91 Å². The lowest BCUT2D eigenvalue weighted by molar-refractivity contribution is -0.202. The molecule has 11 rings (SSSR count). The summed E-state index contributed by atoms with van der Waals surface area (Å²) in [6.45, 7) is -1.75. The van der Waals surface area contributed by atoms with E-state index in [4.69, 9.17) is 14.2 Å². The number of hydrogen-bond donors (Lipinski definition) is 11. The second-order valence-electron chi connectivity index (χ2n) is 28.6. The molecule has 4 aliphatic rings. The SMILES string of the molecule is Cc1cn(CCCCCC(=O)NC[C@]23C[C@]4(CCC(=O)c5c(OCc6ccccc6)c(=O)ccn5CC(O)C(O)CO)C[C@](CCC(=O)c5c(OCc6ccccc6)c(=O)ccn5CC(O)C(O)CO)(C2)C[C@@](CNC(=O)c2c(OCc5ccccc5)c(=O)ccn2CC(O)C(O)CO)(C4)C3)nn1. The van der Waals surface area contributed by atoms with Crippen molar-refractivity contribution in [1.29, 1.82) is 0 Å². The van der Waals surface area contributed by atoms with Crippen molar-refractivity contribution in [3.63, 3.8) is 0 Å². The van der Waals surface area contributed by atoms with Crippen molar-refractivity contribution >= 4 is 23.4 Å². The van der Waals surface area contributed by atoms with Gasteiger partial charge in [-0.25, -0.2) is 0 Å². The molecule has 11 N–H and O–H groups in total. The number of pyridine rings is 3. The fourth-order valence-electron chi connectivity index (χ4n) is 16.3. The molecule has 0 aliphatic heterocycles. The predicted molar refractivity (Wildman–Crippen MR) is 375 cm³/mol. The topological polar surface area (TPSA) is 399 Å². The maximum Gasteiger partial charge on any atom is 0.271 e. The number of carbonyl (C=O) groups is 4. The molecular weight excluding hydrogens is 1330 g/mol. The van der Waals surface area contributed by atoms with Crippen molar-refractivity contribution in [3.8, 4) is 17.2 Å². The second-order valence-corrected chi connectivity index (χ2v) is 28.6. The van der Waals surface area contributed by atoms with Gasteiger partial charge in [-0.05, 0) is 109 Å². The zero-order valence-corrected chi connectivity index (χ0v) is 57.8. The van der Waals surface area contributed by atoms with Crippen molar-refractivity contribution in [3.05, 3.63) is 204 Å². The molecule has 0 spiro atoms. The number of carbonyl (C=O) groups excluding carboxylic acids is 4. The molecule has 4 heterocycles. The van der Waals surface area contributed by atoms with Crippen LogP contribution in [0.3, 0.4) is 0 Å². The van der Waals surface area contributed by atoms with E-state index in [0.717, 1.165) is 18.2 Å². The molecule has 10 atom stereocenters. The molecule has 4 saturated carbocycles. The molecule has 103 heavy (non-hydrogen) atoms. The minimum absolute atomic E-state index is 0.108. The standard InChI is InChI=1S/C76H94N8O19/c1-50-32-84(80-79-50)28-13-5-12-20-65(99)77-48-75-43-73(26-21-54(88)66-69(101-39-51-14-6-2-7-15-51)56(90)23-29-81(66)33-59(93)62(96)36-85)42-74(44-75,27-22-55(89)67-70(102-40-52-16-8-3-9-17-52)57(91)24-30-82(67)34-60(94)63(97)37-86)46-76(45-73,47-75)49-78-72(100)68-71(103-41-53-18-10-4-11-19-53)58(92)25-31-83(68)35-61(95)64(98)38-87/h2-4,6-11,14-19,23-25,29-32,59-64,85-87,93-98H,5,12-13,20-22,26-28,33-49H2,1H3,(H,77,99)(H,78,100)/t59?,60?,61?,62?,63?,64?,73-,74+,75+,76-. The molecule has 2 amide bonds. The molecule has 4 aromatic heterocycles. The first-order valence-electron chi connectivity index (χ1n) is 35.1. The van der Waals surface area contributed by atoms with E-state index in [1.165, 1.54) is 44.4 Å². The summed E-state index contributed by atoms with van der Waals surface area (Å²) >= 11 is 0. The van der Waals surface area contributed by atoms with E-state index in [0.29, 0.717) is 74.6 Å². The number of benzene rings is 3. The number of aliphatic hydroxyl groups excluding tert-OH is 9. The number of aromatic nitrogens is 6. The number of ether oxygens (including phenoxy) is 3. The molecule has 7 aromatic rings. The van der Waals surface area contributed by atoms with Crippen LogP contribution in [0.4, 0.5) is 0 Å². The average Bonchev–Trinajstić information content (AvgIpc) is 1.68. The summed E-state index contributed by atoms with van der Waals surface area (Å²) in [5.74, 6) is -3.19. The third-order valence-electron chi connectivity index (χ3n) is 20.4. The number of amides is 2. The molecule has 4 fully saturated rings. The fourth-order valence-corrected chi connectivity index (χ4v) is 16.3. The van der Waals surface area contributed by atoms with Crippen LogP contribution in [0.15, 0.2) is 148 Å². The number of rotatable bonds is 40. The summed E-state index contributed by atoms with van der Waals surface area (Å²) in [6, 6.07) is 30.2. The normalized spacial score (nSPS) is 20.7. The molecule has 27 heteroatoms. The number of Topliss-reactive ketones (excluding diaryl/α,β-unsaturated/α-hetero) is 2. The van der Waals surface area contributed by atoms with Crippen LogP contribution in [-0.2, 0) is 50.8 Å². The van der Waals surface area contributed by atoms with Crippen LogP contribution in [-0.4, -0.2) is 168 Å². The van der Waals surface area contributed by atoms with Crippen LogP contribution in [0.5, 0.6) is 17.2 Å². The third kappa shape index (κ3) is 19.2. The molecular formula is C76H94N8O19. The number of nitrogens with zero attached hydrogens (tertiary/aromatic N) is 6. The molecule has 3 aromatic carbocycles. The van der Waals surface area contributed by atoms with Gasteiger partial charge in [-0.2, -0.15) is 0 Å². The molecule has 6 unspecified atom stereocenters. The van der Waals surface area contributed by atoms with Gasteiger partial charge in [-0.1, -0.05) is 103 Å².